The van der Waals surface area contributed by atoms with Gasteiger partial charge in [-0.2, -0.15) is 0 Å². The second kappa shape index (κ2) is 7.47. The molecule has 0 aromatic carbocycles. The molecule has 128 valence electrons. The second-order valence-electron chi connectivity index (χ2n) is 4.69. The van der Waals surface area contributed by atoms with Crippen LogP contribution in [-0.4, -0.2) is 21.4 Å². The van der Waals surface area contributed by atoms with Gasteiger partial charge in [-0.05, 0) is 26.7 Å². The van der Waals surface area contributed by atoms with Crippen LogP contribution in [0.4, 0.5) is 7.77 Å². The summed E-state index contributed by atoms with van der Waals surface area (Å²) < 4.78 is 64.9. The van der Waals surface area contributed by atoms with Crippen molar-refractivity contribution in [2.24, 2.45) is 0 Å². The van der Waals surface area contributed by atoms with Crippen LogP contribution in [0.5, 0.6) is 0 Å². The maximum absolute atomic E-state index is 11.1. The van der Waals surface area contributed by atoms with Gasteiger partial charge in [0.1, 0.15) is 11.4 Å². The van der Waals surface area contributed by atoms with Gasteiger partial charge in [-0.25, -0.2) is 26.0 Å². The normalized spacial score (nSPS) is 14.9. The zero-order valence-electron chi connectivity index (χ0n) is 12.4. The summed E-state index contributed by atoms with van der Waals surface area (Å²) in [4.78, 5) is 0. The minimum atomic E-state index is -5.62. The van der Waals surface area contributed by atoms with Crippen LogP contribution in [0.25, 0.3) is 4.13 Å². The maximum Gasteiger partial charge on any atom is 0.244 e. The lowest BCUT2D eigenvalue weighted by molar-refractivity contribution is -0.700. The van der Waals surface area contributed by atoms with E-state index in [9.17, 15) is 24.6 Å². The number of rotatable bonds is 4. The molecule has 0 radical (unpaired) electrons. The Hall–Kier alpha value is -1.07. The standard InChI is InChI=1S/C11H19N2.F2NO4S2/c1-3-12-9-13(4-2)11-8-6-5-7-10(11)12;1-8(4,5)3-9(2,6)7/h9H,3-8H2,1-2H3;/q+1;-1. The number of nitrogens with zero attached hydrogens (tertiary/aromatic N) is 3. The summed E-state index contributed by atoms with van der Waals surface area (Å²) in [5.74, 6) is 0. The van der Waals surface area contributed by atoms with Crippen LogP contribution in [0.2, 0.25) is 0 Å². The highest BCUT2D eigenvalue weighted by Gasteiger charge is 2.23. The van der Waals surface area contributed by atoms with Crippen LogP contribution >= 0.6 is 0 Å². The summed E-state index contributed by atoms with van der Waals surface area (Å²) in [7, 11) is -11.2. The Morgan fingerprint density at radius 2 is 1.68 bits per heavy atom. The van der Waals surface area contributed by atoms with Gasteiger partial charge in [0.15, 0.2) is 0 Å². The number of aryl methyl sites for hydroxylation is 2. The zero-order chi connectivity index (χ0) is 17.0. The van der Waals surface area contributed by atoms with E-state index in [1.807, 2.05) is 0 Å². The Morgan fingerprint density at radius 3 is 2.09 bits per heavy atom. The Labute approximate surface area is 129 Å². The predicted molar refractivity (Wildman–Crippen MR) is 76.0 cm³/mol. The largest absolute Gasteiger partial charge is 0.379 e. The smallest absolute Gasteiger partial charge is 0.244 e. The number of hydrogen-bond acceptors (Lipinski definition) is 4. The van der Waals surface area contributed by atoms with Gasteiger partial charge in [0.25, 0.3) is 0 Å². The Bertz CT molecular complexity index is 655. The molecule has 7 nitrogen and oxygen atoms in total. The number of halogens is 2. The Kier molecular flexibility index (Phi) is 6.44. The van der Waals surface area contributed by atoms with Crippen molar-refractivity contribution >= 4 is 20.8 Å². The van der Waals surface area contributed by atoms with Gasteiger partial charge < -0.3 is 4.13 Å². The van der Waals surface area contributed by atoms with Crippen LogP contribution in [0.3, 0.4) is 0 Å². The van der Waals surface area contributed by atoms with Crippen LogP contribution < -0.4 is 4.57 Å². The van der Waals surface area contributed by atoms with Gasteiger partial charge in [-0.15, -0.1) is 7.77 Å². The number of aromatic nitrogens is 2. The molecular weight excluding hydrogens is 340 g/mol. The first-order valence-electron chi connectivity index (χ1n) is 6.81. The van der Waals surface area contributed by atoms with E-state index in [1.54, 1.807) is 11.4 Å². The third-order valence-electron chi connectivity index (χ3n) is 3.24. The molecule has 0 amide bonds. The molecule has 22 heavy (non-hydrogen) atoms. The van der Waals surface area contributed by atoms with Crippen molar-refractivity contribution in [1.82, 2.24) is 4.57 Å². The number of hydrogen-bond donors (Lipinski definition) is 0. The molecule has 0 aliphatic heterocycles. The van der Waals surface area contributed by atoms with Crippen LogP contribution in [0.1, 0.15) is 38.1 Å². The first kappa shape index (κ1) is 19.0. The van der Waals surface area contributed by atoms with E-state index < -0.39 is 20.8 Å². The van der Waals surface area contributed by atoms with E-state index in [2.05, 4.69) is 29.3 Å². The molecule has 0 unspecified atom stereocenters. The molecule has 0 saturated carbocycles. The molecular formula is C11H19F2N3O4S2. The van der Waals surface area contributed by atoms with E-state index in [1.165, 1.54) is 25.7 Å². The quantitative estimate of drug-likeness (QED) is 0.601. The van der Waals surface area contributed by atoms with E-state index in [-0.39, 0.29) is 0 Å². The molecule has 0 atom stereocenters. The minimum Gasteiger partial charge on any atom is -0.379 e. The van der Waals surface area contributed by atoms with Gasteiger partial charge >= 0.3 is 0 Å². The van der Waals surface area contributed by atoms with E-state index >= 15 is 0 Å². The molecule has 0 bridgehead atoms. The maximum atomic E-state index is 11.1. The molecule has 0 N–H and O–H groups in total. The van der Waals surface area contributed by atoms with Crippen LogP contribution in [-0.2, 0) is 46.7 Å². The highest BCUT2D eigenvalue weighted by atomic mass is 32.3. The summed E-state index contributed by atoms with van der Waals surface area (Å²) in [6, 6.07) is 0. The van der Waals surface area contributed by atoms with Crippen LogP contribution in [0.15, 0.2) is 6.33 Å². The summed E-state index contributed by atoms with van der Waals surface area (Å²) in [6.45, 7) is 6.70. The van der Waals surface area contributed by atoms with Gasteiger partial charge in [0.2, 0.25) is 27.1 Å². The molecule has 0 fully saturated rings. The molecule has 1 heterocycles. The fraction of sp³-hybridized carbons (Fsp3) is 0.727. The van der Waals surface area contributed by atoms with E-state index in [0.29, 0.717) is 0 Å². The molecule has 11 heteroatoms. The van der Waals surface area contributed by atoms with Crippen molar-refractivity contribution in [1.29, 1.82) is 0 Å². The monoisotopic (exact) mass is 359 g/mol. The third-order valence-corrected chi connectivity index (χ3v) is 4.67. The van der Waals surface area contributed by atoms with Crippen molar-refractivity contribution in [2.75, 3.05) is 0 Å². The molecule has 1 aromatic heterocycles. The van der Waals surface area contributed by atoms with Gasteiger partial charge in [0, 0.05) is 12.8 Å². The Morgan fingerprint density at radius 1 is 1.14 bits per heavy atom. The molecule has 0 spiro atoms. The highest BCUT2D eigenvalue weighted by molar-refractivity contribution is 8.07. The summed E-state index contributed by atoms with van der Waals surface area (Å²) in [5, 5.41) is 0. The van der Waals surface area contributed by atoms with Gasteiger partial charge in [-0.1, -0.05) is 0 Å². The first-order chi connectivity index (χ1) is 10.1. The fourth-order valence-corrected chi connectivity index (χ4v) is 3.30. The Balaban J connectivity index is 0.000000239. The second-order valence-corrected chi connectivity index (χ2v) is 6.93. The molecule has 2 rings (SSSR count). The summed E-state index contributed by atoms with van der Waals surface area (Å²) in [6.07, 6.45) is 7.61. The average Bonchev–Trinajstić information content (AvgIpc) is 2.73. The SMILES string of the molecule is CCn1c[n+](CC)c2c1CCCC2.O=S(=O)(F)[N-]S(=O)(=O)F. The highest BCUT2D eigenvalue weighted by Crippen LogP contribution is 2.18. The lowest BCUT2D eigenvalue weighted by Crippen LogP contribution is -2.35. The summed E-state index contributed by atoms with van der Waals surface area (Å²) in [5.41, 5.74) is 3.19. The van der Waals surface area contributed by atoms with Crippen molar-refractivity contribution in [2.45, 2.75) is 52.6 Å². The summed E-state index contributed by atoms with van der Waals surface area (Å²) >= 11 is 0. The molecule has 0 saturated heterocycles. The lowest BCUT2D eigenvalue weighted by Gasteiger charge is -2.08. The van der Waals surface area contributed by atoms with Crippen molar-refractivity contribution in [3.05, 3.63) is 21.8 Å². The van der Waals surface area contributed by atoms with Crippen molar-refractivity contribution in [3.8, 4) is 0 Å². The topological polar surface area (TPSA) is 91.2 Å². The van der Waals surface area contributed by atoms with Crippen LogP contribution in [0, 0.1) is 0 Å². The zero-order valence-corrected chi connectivity index (χ0v) is 14.0. The fourth-order valence-electron chi connectivity index (χ4n) is 2.45. The van der Waals surface area contributed by atoms with Crippen molar-refractivity contribution < 1.29 is 29.2 Å². The van der Waals surface area contributed by atoms with Gasteiger partial charge in [-0.3, -0.25) is 0 Å². The molecule has 1 aliphatic carbocycles. The molecule has 1 aromatic rings. The lowest BCUT2D eigenvalue weighted by atomic mass is 10.0. The first-order valence-corrected chi connectivity index (χ1v) is 9.49. The van der Waals surface area contributed by atoms with E-state index in [4.69, 9.17) is 0 Å². The van der Waals surface area contributed by atoms with Crippen molar-refractivity contribution in [3.63, 3.8) is 0 Å². The number of imidazole rings is 1. The minimum absolute atomic E-state index is 1.12. The third kappa shape index (κ3) is 5.97. The number of fused-ring (bicyclic) bond motifs is 1. The average molecular weight is 359 g/mol. The van der Waals surface area contributed by atoms with Gasteiger partial charge in [0.05, 0.1) is 13.1 Å². The van der Waals surface area contributed by atoms with E-state index in [0.717, 1.165) is 17.2 Å². The molecule has 1 aliphatic rings. The predicted octanol–water partition coefficient (Wildman–Crippen LogP) is 1.48.